The lowest BCUT2D eigenvalue weighted by Crippen LogP contribution is -2.08. The monoisotopic (exact) mass is 248 g/mol. The maximum atomic E-state index is 13.5. The highest BCUT2D eigenvalue weighted by Crippen LogP contribution is 2.19. The molecule has 92 valence electrons. The van der Waals surface area contributed by atoms with Crippen molar-refractivity contribution in [2.75, 3.05) is 0 Å². The normalized spacial score (nSPS) is 10.3. The molecule has 0 amide bonds. The summed E-state index contributed by atoms with van der Waals surface area (Å²) in [6, 6.07) is 8.52. The van der Waals surface area contributed by atoms with E-state index < -0.39 is 10.7 Å². The fourth-order valence-electron chi connectivity index (χ4n) is 1.70. The van der Waals surface area contributed by atoms with E-state index in [4.69, 9.17) is 0 Å². The molecule has 1 heterocycles. The molecule has 0 saturated carbocycles. The summed E-state index contributed by atoms with van der Waals surface area (Å²) >= 11 is 0. The molecule has 0 aliphatic rings. The van der Waals surface area contributed by atoms with Crippen LogP contribution in [-0.4, -0.2) is 15.8 Å². The first-order valence-corrected chi connectivity index (χ1v) is 5.16. The van der Waals surface area contributed by atoms with Crippen molar-refractivity contribution in [1.82, 2.24) is 4.57 Å². The number of nitro groups is 1. The van der Waals surface area contributed by atoms with E-state index in [-0.39, 0.29) is 18.1 Å². The number of nitrogens with zero attached hydrogens (tertiary/aromatic N) is 2. The quantitative estimate of drug-likeness (QED) is 0.474. The molecule has 0 aliphatic carbocycles. The summed E-state index contributed by atoms with van der Waals surface area (Å²) in [5.74, 6) is -0.697. The van der Waals surface area contributed by atoms with Crippen molar-refractivity contribution in [2.24, 2.45) is 0 Å². The van der Waals surface area contributed by atoms with Crippen molar-refractivity contribution in [2.45, 2.75) is 6.54 Å². The zero-order chi connectivity index (χ0) is 13.1. The van der Waals surface area contributed by atoms with E-state index in [0.29, 0.717) is 11.8 Å². The number of aromatic nitrogens is 1. The van der Waals surface area contributed by atoms with Crippen molar-refractivity contribution in [3.05, 3.63) is 63.6 Å². The molecule has 0 saturated heterocycles. The summed E-state index contributed by atoms with van der Waals surface area (Å²) in [6.07, 6.45) is 0.508. The summed E-state index contributed by atoms with van der Waals surface area (Å²) in [4.78, 5) is 21.0. The highest BCUT2D eigenvalue weighted by atomic mass is 19.1. The van der Waals surface area contributed by atoms with E-state index in [1.165, 1.54) is 34.9 Å². The number of hydrogen-bond donors (Lipinski definition) is 0. The van der Waals surface area contributed by atoms with Gasteiger partial charge in [-0.1, -0.05) is 18.2 Å². The van der Waals surface area contributed by atoms with E-state index in [1.807, 2.05) is 0 Å². The van der Waals surface area contributed by atoms with Crippen LogP contribution < -0.4 is 0 Å². The Balaban J connectivity index is 2.45. The summed E-state index contributed by atoms with van der Waals surface area (Å²) in [6.45, 7) is -0.0515. The van der Waals surface area contributed by atoms with Crippen LogP contribution in [0.25, 0.3) is 0 Å². The fourth-order valence-corrected chi connectivity index (χ4v) is 1.70. The highest BCUT2D eigenvalue weighted by molar-refractivity contribution is 5.73. The van der Waals surface area contributed by atoms with Gasteiger partial charge in [0.05, 0.1) is 0 Å². The molecule has 2 rings (SSSR count). The molecule has 18 heavy (non-hydrogen) atoms. The SMILES string of the molecule is O=Cc1ccc([N+](=O)[O-])n1Cc1ccccc1F. The molecule has 1 aromatic heterocycles. The van der Waals surface area contributed by atoms with Crippen LogP contribution in [0, 0.1) is 15.9 Å². The first kappa shape index (κ1) is 12.0. The summed E-state index contributed by atoms with van der Waals surface area (Å²) in [5, 5.41) is 10.8. The molecule has 0 spiro atoms. The predicted octanol–water partition coefficient (Wildman–Crippen LogP) is 2.40. The Morgan fingerprint density at radius 3 is 2.61 bits per heavy atom. The van der Waals surface area contributed by atoms with Crippen molar-refractivity contribution in [3.63, 3.8) is 0 Å². The largest absolute Gasteiger partial charge is 0.358 e. The van der Waals surface area contributed by atoms with Crippen molar-refractivity contribution >= 4 is 12.1 Å². The number of carbonyl (C=O) groups excluding carboxylic acids is 1. The van der Waals surface area contributed by atoms with Crippen LogP contribution in [-0.2, 0) is 6.54 Å². The molecular weight excluding hydrogens is 239 g/mol. The minimum Gasteiger partial charge on any atom is -0.358 e. The van der Waals surface area contributed by atoms with Gasteiger partial charge in [0.15, 0.2) is 12.0 Å². The van der Waals surface area contributed by atoms with Crippen LogP contribution in [0.1, 0.15) is 16.1 Å². The molecule has 0 unspecified atom stereocenters. The van der Waals surface area contributed by atoms with Gasteiger partial charge in [0.25, 0.3) is 0 Å². The second-order valence-corrected chi connectivity index (χ2v) is 3.67. The average Bonchev–Trinajstić information content (AvgIpc) is 2.75. The average molecular weight is 248 g/mol. The maximum Gasteiger partial charge on any atom is 0.323 e. The van der Waals surface area contributed by atoms with Crippen LogP contribution in [0.15, 0.2) is 36.4 Å². The molecule has 1 aromatic carbocycles. The number of aldehydes is 1. The third kappa shape index (κ3) is 2.13. The number of benzene rings is 1. The molecule has 2 aromatic rings. The van der Waals surface area contributed by atoms with Gasteiger partial charge in [0, 0.05) is 11.6 Å². The van der Waals surface area contributed by atoms with Gasteiger partial charge < -0.3 is 10.1 Å². The number of halogens is 1. The zero-order valence-corrected chi connectivity index (χ0v) is 9.25. The van der Waals surface area contributed by atoms with Crippen LogP contribution in [0.5, 0.6) is 0 Å². The number of carbonyl (C=O) groups is 1. The van der Waals surface area contributed by atoms with Crippen LogP contribution in [0.3, 0.4) is 0 Å². The second kappa shape index (κ2) is 4.79. The molecule has 0 bridgehead atoms. The maximum absolute atomic E-state index is 13.5. The van der Waals surface area contributed by atoms with E-state index in [2.05, 4.69) is 0 Å². The third-order valence-corrected chi connectivity index (χ3v) is 2.59. The van der Waals surface area contributed by atoms with Crippen LogP contribution >= 0.6 is 0 Å². The molecule has 0 fully saturated rings. The Hall–Kier alpha value is -2.50. The standard InChI is InChI=1S/C12H9FN2O3/c13-11-4-2-1-3-9(11)7-14-10(8-16)5-6-12(14)15(17)18/h1-6,8H,7H2. The Kier molecular flexibility index (Phi) is 3.18. The lowest BCUT2D eigenvalue weighted by atomic mass is 10.2. The Morgan fingerprint density at radius 2 is 2.00 bits per heavy atom. The third-order valence-electron chi connectivity index (χ3n) is 2.59. The molecule has 0 atom stereocenters. The van der Waals surface area contributed by atoms with Gasteiger partial charge in [0.1, 0.15) is 12.4 Å². The number of rotatable bonds is 4. The number of hydrogen-bond acceptors (Lipinski definition) is 3. The highest BCUT2D eigenvalue weighted by Gasteiger charge is 2.19. The minimum absolute atomic E-state index is 0.0515. The molecule has 0 aliphatic heterocycles. The minimum atomic E-state index is -0.603. The Bertz CT molecular complexity index is 607. The topological polar surface area (TPSA) is 65.1 Å². The lowest BCUT2D eigenvalue weighted by molar-refractivity contribution is -0.392. The van der Waals surface area contributed by atoms with Crippen LogP contribution in [0.2, 0.25) is 0 Å². The van der Waals surface area contributed by atoms with Gasteiger partial charge in [0.2, 0.25) is 0 Å². The van der Waals surface area contributed by atoms with Crippen molar-refractivity contribution in [3.8, 4) is 0 Å². The summed E-state index contributed by atoms with van der Waals surface area (Å²) in [7, 11) is 0. The van der Waals surface area contributed by atoms with E-state index in [9.17, 15) is 19.3 Å². The summed E-state index contributed by atoms with van der Waals surface area (Å²) < 4.78 is 14.7. The predicted molar refractivity (Wildman–Crippen MR) is 62.0 cm³/mol. The molecule has 0 N–H and O–H groups in total. The van der Waals surface area contributed by atoms with E-state index in [0.717, 1.165) is 0 Å². The van der Waals surface area contributed by atoms with Gasteiger partial charge in [-0.2, -0.15) is 0 Å². The van der Waals surface area contributed by atoms with E-state index in [1.54, 1.807) is 6.07 Å². The molecule has 5 nitrogen and oxygen atoms in total. The van der Waals surface area contributed by atoms with E-state index >= 15 is 0 Å². The van der Waals surface area contributed by atoms with Crippen molar-refractivity contribution in [1.29, 1.82) is 0 Å². The smallest absolute Gasteiger partial charge is 0.323 e. The lowest BCUT2D eigenvalue weighted by Gasteiger charge is -2.04. The first-order chi connectivity index (χ1) is 8.63. The van der Waals surface area contributed by atoms with Gasteiger partial charge in [-0.3, -0.25) is 4.79 Å². The molecular formula is C12H9FN2O3. The van der Waals surface area contributed by atoms with Gasteiger partial charge in [-0.15, -0.1) is 0 Å². The Labute approximate surface area is 102 Å². The molecule has 6 heteroatoms. The van der Waals surface area contributed by atoms with Crippen molar-refractivity contribution < 1.29 is 14.1 Å². The first-order valence-electron chi connectivity index (χ1n) is 5.16. The van der Waals surface area contributed by atoms with Gasteiger partial charge >= 0.3 is 5.82 Å². The summed E-state index contributed by atoms with van der Waals surface area (Å²) in [5.41, 5.74) is 0.435. The van der Waals surface area contributed by atoms with Gasteiger partial charge in [-0.25, -0.2) is 8.96 Å². The fraction of sp³-hybridized carbons (Fsp3) is 0.0833. The molecule has 0 radical (unpaired) electrons. The Morgan fingerprint density at radius 1 is 1.28 bits per heavy atom. The zero-order valence-electron chi connectivity index (χ0n) is 9.25. The second-order valence-electron chi connectivity index (χ2n) is 3.67. The van der Waals surface area contributed by atoms with Crippen LogP contribution in [0.4, 0.5) is 10.2 Å². The van der Waals surface area contributed by atoms with Gasteiger partial charge in [-0.05, 0) is 17.1 Å².